The van der Waals surface area contributed by atoms with Gasteiger partial charge in [0.05, 0.1) is 5.69 Å². The van der Waals surface area contributed by atoms with Gasteiger partial charge in [-0.1, -0.05) is 12.1 Å². The second kappa shape index (κ2) is 6.34. The molecule has 0 spiro atoms. The van der Waals surface area contributed by atoms with Crippen molar-refractivity contribution in [3.8, 4) is 11.3 Å². The van der Waals surface area contributed by atoms with Crippen molar-refractivity contribution >= 4 is 10.0 Å². The van der Waals surface area contributed by atoms with Crippen molar-refractivity contribution in [1.29, 1.82) is 0 Å². The minimum atomic E-state index is -3.89. The summed E-state index contributed by atoms with van der Waals surface area (Å²) in [5.74, 6) is -0.452. The lowest BCUT2D eigenvalue weighted by atomic mass is 10.1. The van der Waals surface area contributed by atoms with Gasteiger partial charge in [0.2, 0.25) is 0 Å². The average Bonchev–Trinajstić information content (AvgIpc) is 3.21. The van der Waals surface area contributed by atoms with Crippen molar-refractivity contribution in [3.63, 3.8) is 0 Å². The van der Waals surface area contributed by atoms with E-state index >= 15 is 0 Å². The lowest BCUT2D eigenvalue weighted by Crippen LogP contribution is -2.17. The maximum absolute atomic E-state index is 14.5. The molecule has 7 heteroatoms. The molecule has 1 aliphatic rings. The van der Waals surface area contributed by atoms with Gasteiger partial charge in [-0.3, -0.25) is 4.98 Å². The highest BCUT2D eigenvalue weighted by Crippen LogP contribution is 2.39. The molecule has 0 saturated heterocycles. The molecule has 1 atom stereocenters. The summed E-state index contributed by atoms with van der Waals surface area (Å²) in [7, 11) is -2.05. The Morgan fingerprint density at radius 1 is 1.23 bits per heavy atom. The summed E-state index contributed by atoms with van der Waals surface area (Å²) in [6, 6.07) is 11.2. The molecular weight excluding hydrogens is 353 g/mol. The van der Waals surface area contributed by atoms with Gasteiger partial charge in [0.25, 0.3) is 10.0 Å². The number of nitrogens with zero attached hydrogens (tertiary/aromatic N) is 2. The number of hydrogen-bond acceptors (Lipinski definition) is 4. The molecule has 1 N–H and O–H groups in total. The SMILES string of the molecule is CNC1CCc2c1cc(-c1ccccc1F)n2S(=O)(=O)c1cccnc1. The quantitative estimate of drug-likeness (QED) is 0.765. The van der Waals surface area contributed by atoms with Gasteiger partial charge >= 0.3 is 0 Å². The largest absolute Gasteiger partial charge is 0.313 e. The fourth-order valence-electron chi connectivity index (χ4n) is 3.57. The fourth-order valence-corrected chi connectivity index (χ4v) is 5.12. The van der Waals surface area contributed by atoms with Crippen molar-refractivity contribution < 1.29 is 12.8 Å². The van der Waals surface area contributed by atoms with E-state index in [1.807, 2.05) is 7.05 Å². The van der Waals surface area contributed by atoms with Gasteiger partial charge < -0.3 is 5.32 Å². The minimum Gasteiger partial charge on any atom is -0.313 e. The van der Waals surface area contributed by atoms with Gasteiger partial charge in [-0.05, 0) is 55.8 Å². The number of hydrogen-bond donors (Lipinski definition) is 1. The lowest BCUT2D eigenvalue weighted by molar-refractivity contribution is 0.581. The van der Waals surface area contributed by atoms with E-state index in [-0.39, 0.29) is 16.5 Å². The minimum absolute atomic E-state index is 0.0564. The second-order valence-corrected chi connectivity index (χ2v) is 8.04. The Morgan fingerprint density at radius 3 is 2.73 bits per heavy atom. The molecule has 0 aliphatic heterocycles. The zero-order chi connectivity index (χ0) is 18.3. The molecule has 0 amide bonds. The van der Waals surface area contributed by atoms with E-state index < -0.39 is 15.8 Å². The molecule has 1 aromatic carbocycles. The van der Waals surface area contributed by atoms with Crippen LogP contribution in [0.2, 0.25) is 0 Å². The van der Waals surface area contributed by atoms with Crippen LogP contribution >= 0.6 is 0 Å². The zero-order valence-corrected chi connectivity index (χ0v) is 15.0. The number of nitrogens with one attached hydrogen (secondary N) is 1. The first-order valence-electron chi connectivity index (χ1n) is 8.36. The highest BCUT2D eigenvalue weighted by molar-refractivity contribution is 7.90. The summed E-state index contributed by atoms with van der Waals surface area (Å²) in [5.41, 5.74) is 2.21. The monoisotopic (exact) mass is 371 g/mol. The van der Waals surface area contributed by atoms with E-state index in [9.17, 15) is 12.8 Å². The molecule has 1 unspecified atom stereocenters. The Hall–Kier alpha value is -2.51. The Morgan fingerprint density at radius 2 is 2.04 bits per heavy atom. The van der Waals surface area contributed by atoms with Crippen LogP contribution in [0.5, 0.6) is 0 Å². The van der Waals surface area contributed by atoms with Gasteiger partial charge in [-0.15, -0.1) is 0 Å². The molecule has 0 bridgehead atoms. The van der Waals surface area contributed by atoms with Crippen LogP contribution in [-0.4, -0.2) is 24.4 Å². The van der Waals surface area contributed by atoms with Crippen LogP contribution in [-0.2, 0) is 16.4 Å². The first-order valence-corrected chi connectivity index (χ1v) is 9.80. The van der Waals surface area contributed by atoms with Crippen LogP contribution in [0.15, 0.2) is 59.8 Å². The molecule has 2 aromatic heterocycles. The fraction of sp³-hybridized carbons (Fsp3) is 0.211. The molecule has 3 aromatic rings. The highest BCUT2D eigenvalue weighted by atomic mass is 32.2. The molecule has 4 rings (SSSR count). The van der Waals surface area contributed by atoms with Crippen LogP contribution in [0.25, 0.3) is 11.3 Å². The molecule has 1 aliphatic carbocycles. The van der Waals surface area contributed by atoms with E-state index in [4.69, 9.17) is 0 Å². The number of fused-ring (bicyclic) bond motifs is 1. The standard InChI is InChI=1S/C19H18FN3O2S/c1-21-17-8-9-18-15(17)11-19(14-6-2-3-7-16(14)20)23(18)26(24,25)13-5-4-10-22-12-13/h2-7,10-12,17,21H,8-9H2,1H3. The van der Waals surface area contributed by atoms with E-state index in [1.54, 1.807) is 30.3 Å². The second-order valence-electron chi connectivity index (χ2n) is 6.25. The molecule has 0 fully saturated rings. The van der Waals surface area contributed by atoms with Crippen LogP contribution in [0.1, 0.15) is 23.7 Å². The predicted octanol–water partition coefficient (Wildman–Crippen LogP) is 3.13. The highest BCUT2D eigenvalue weighted by Gasteiger charge is 2.33. The lowest BCUT2D eigenvalue weighted by Gasteiger charge is -2.14. The van der Waals surface area contributed by atoms with Crippen molar-refractivity contribution in [2.45, 2.75) is 23.8 Å². The van der Waals surface area contributed by atoms with Crippen molar-refractivity contribution in [2.24, 2.45) is 0 Å². The van der Waals surface area contributed by atoms with Crippen LogP contribution in [0.4, 0.5) is 4.39 Å². The molecule has 5 nitrogen and oxygen atoms in total. The van der Waals surface area contributed by atoms with Crippen LogP contribution < -0.4 is 5.32 Å². The third-order valence-corrected chi connectivity index (χ3v) is 6.54. The number of pyridine rings is 1. The maximum Gasteiger partial charge on any atom is 0.269 e. The number of rotatable bonds is 4. The summed E-state index contributed by atoms with van der Waals surface area (Å²) in [6.45, 7) is 0. The van der Waals surface area contributed by atoms with Crippen LogP contribution in [0, 0.1) is 5.82 Å². The van der Waals surface area contributed by atoms with Crippen LogP contribution in [0.3, 0.4) is 0 Å². The van der Waals surface area contributed by atoms with Gasteiger partial charge in [0.15, 0.2) is 0 Å². The van der Waals surface area contributed by atoms with E-state index in [2.05, 4.69) is 10.3 Å². The first-order chi connectivity index (χ1) is 12.5. The van der Waals surface area contributed by atoms with Crippen molar-refractivity contribution in [3.05, 3.63) is 71.9 Å². The first kappa shape index (κ1) is 16.9. The van der Waals surface area contributed by atoms with E-state index in [1.165, 1.54) is 28.5 Å². The summed E-state index contributed by atoms with van der Waals surface area (Å²) in [6.07, 6.45) is 4.25. The molecular formula is C19H18FN3O2S. The molecule has 134 valence electrons. The third kappa shape index (κ3) is 2.55. The zero-order valence-electron chi connectivity index (χ0n) is 14.2. The van der Waals surface area contributed by atoms with Gasteiger partial charge in [-0.2, -0.15) is 0 Å². The Kier molecular flexibility index (Phi) is 4.13. The molecule has 2 heterocycles. The van der Waals surface area contributed by atoms with E-state index in [0.29, 0.717) is 17.8 Å². The summed E-state index contributed by atoms with van der Waals surface area (Å²) < 4.78 is 42.4. The maximum atomic E-state index is 14.5. The summed E-state index contributed by atoms with van der Waals surface area (Å²) in [4.78, 5) is 4.01. The predicted molar refractivity (Wildman–Crippen MR) is 96.8 cm³/mol. The molecule has 0 radical (unpaired) electrons. The Labute approximate surface area is 151 Å². The number of benzene rings is 1. The molecule has 0 saturated carbocycles. The Bertz CT molecular complexity index is 1060. The third-order valence-electron chi connectivity index (χ3n) is 4.81. The van der Waals surface area contributed by atoms with Gasteiger partial charge in [0.1, 0.15) is 10.7 Å². The van der Waals surface area contributed by atoms with Crippen molar-refractivity contribution in [1.82, 2.24) is 14.3 Å². The Balaban J connectivity index is 2.01. The van der Waals surface area contributed by atoms with Crippen molar-refractivity contribution in [2.75, 3.05) is 7.05 Å². The average molecular weight is 371 g/mol. The topological polar surface area (TPSA) is 64.0 Å². The summed E-state index contributed by atoms with van der Waals surface area (Å²) in [5, 5.41) is 3.20. The molecule has 26 heavy (non-hydrogen) atoms. The normalized spacial score (nSPS) is 16.6. The van der Waals surface area contributed by atoms with E-state index in [0.717, 1.165) is 12.0 Å². The van der Waals surface area contributed by atoms with Gasteiger partial charge in [0, 0.05) is 29.7 Å². The number of aromatic nitrogens is 2. The van der Waals surface area contributed by atoms with Gasteiger partial charge in [-0.25, -0.2) is 16.8 Å². The summed E-state index contributed by atoms with van der Waals surface area (Å²) >= 11 is 0. The smallest absolute Gasteiger partial charge is 0.269 e. The number of halogens is 1.